The molecule has 28 heavy (non-hydrogen) atoms. The second-order valence-corrected chi connectivity index (χ2v) is 7.92. The number of ether oxygens (including phenoxy) is 2. The summed E-state index contributed by atoms with van der Waals surface area (Å²) in [5, 5.41) is 1.01. The number of carbonyl (C=O) groups excluding carboxylic acids is 1. The third kappa shape index (κ3) is 4.06. The molecule has 3 aromatic rings. The molecule has 1 aromatic heterocycles. The summed E-state index contributed by atoms with van der Waals surface area (Å²) < 4.78 is 11.7. The van der Waals surface area contributed by atoms with E-state index >= 15 is 0 Å². The van der Waals surface area contributed by atoms with Crippen molar-refractivity contribution in [2.45, 2.75) is 0 Å². The third-order valence-corrected chi connectivity index (χ3v) is 5.74. The molecular weight excluding hydrogens is 398 g/mol. The number of hydrogen-bond acceptors (Lipinski definition) is 5. The van der Waals surface area contributed by atoms with E-state index in [9.17, 15) is 4.79 Å². The number of methoxy groups -OCH3 is 2. The molecule has 8 heteroatoms. The van der Waals surface area contributed by atoms with Crippen LogP contribution in [0.5, 0.6) is 11.5 Å². The minimum atomic E-state index is -0.177. The first-order valence-electron chi connectivity index (χ1n) is 8.83. The molecular formula is C20H23ClN3O3S+. The van der Waals surface area contributed by atoms with Crippen molar-refractivity contribution in [2.75, 3.05) is 46.3 Å². The van der Waals surface area contributed by atoms with Crippen LogP contribution in [0.2, 0.25) is 5.02 Å². The Labute approximate surface area is 173 Å². The Morgan fingerprint density at radius 3 is 2.46 bits per heavy atom. The molecule has 3 rings (SSSR count). The van der Waals surface area contributed by atoms with E-state index in [-0.39, 0.29) is 5.91 Å². The van der Waals surface area contributed by atoms with Crippen LogP contribution in [-0.2, 0) is 0 Å². The van der Waals surface area contributed by atoms with Crippen LogP contribution in [0.1, 0.15) is 10.4 Å². The van der Waals surface area contributed by atoms with Crippen LogP contribution < -0.4 is 19.3 Å². The number of halogens is 1. The number of benzene rings is 2. The van der Waals surface area contributed by atoms with Crippen molar-refractivity contribution >= 4 is 44.2 Å². The smallest absolute Gasteiger partial charge is 0.261 e. The molecule has 6 nitrogen and oxygen atoms in total. The number of nitrogens with one attached hydrogen (secondary N) is 1. The van der Waals surface area contributed by atoms with Crippen LogP contribution in [0.4, 0.5) is 5.13 Å². The molecule has 0 fully saturated rings. The lowest BCUT2D eigenvalue weighted by atomic mass is 10.2. The highest BCUT2D eigenvalue weighted by Crippen LogP contribution is 2.40. The Balaban J connectivity index is 2.10. The average Bonchev–Trinajstić information content (AvgIpc) is 3.12. The van der Waals surface area contributed by atoms with E-state index in [1.54, 1.807) is 43.4 Å². The minimum absolute atomic E-state index is 0.177. The zero-order valence-corrected chi connectivity index (χ0v) is 17.9. The van der Waals surface area contributed by atoms with Gasteiger partial charge < -0.3 is 14.4 Å². The van der Waals surface area contributed by atoms with Gasteiger partial charge in [-0.05, 0) is 24.3 Å². The maximum Gasteiger partial charge on any atom is 0.261 e. The number of likely N-dealkylation sites (N-methyl/N-ethyl adjacent to an activating group) is 1. The SMILES string of the molecule is COc1ccc(OC)c2sc(N(CC[NH+](C)C)C(=O)c3ccccc3Cl)nc12. The van der Waals surface area contributed by atoms with Crippen LogP contribution in [0.25, 0.3) is 10.2 Å². The normalized spacial score (nSPS) is 11.1. The van der Waals surface area contributed by atoms with Crippen LogP contribution in [0, 0.1) is 0 Å². The van der Waals surface area contributed by atoms with Crippen LogP contribution in [0.3, 0.4) is 0 Å². The van der Waals surface area contributed by atoms with Gasteiger partial charge in [-0.2, -0.15) is 0 Å². The summed E-state index contributed by atoms with van der Waals surface area (Å²) in [6, 6.07) is 10.7. The number of amides is 1. The maximum atomic E-state index is 13.3. The molecule has 0 bridgehead atoms. The summed E-state index contributed by atoms with van der Waals surface area (Å²) in [4.78, 5) is 20.9. The molecule has 0 radical (unpaired) electrons. The Hall–Kier alpha value is -2.35. The van der Waals surface area contributed by atoms with Crippen LogP contribution in [-0.4, -0.2) is 52.3 Å². The molecule has 0 saturated carbocycles. The number of aromatic nitrogens is 1. The van der Waals surface area contributed by atoms with E-state index in [4.69, 9.17) is 26.1 Å². The van der Waals surface area contributed by atoms with E-state index in [1.807, 2.05) is 26.2 Å². The van der Waals surface area contributed by atoms with Gasteiger partial charge in [0.25, 0.3) is 5.91 Å². The topological polar surface area (TPSA) is 56.1 Å². The van der Waals surface area contributed by atoms with Crippen molar-refractivity contribution in [3.8, 4) is 11.5 Å². The van der Waals surface area contributed by atoms with Crippen molar-refractivity contribution in [1.82, 2.24) is 4.98 Å². The maximum absolute atomic E-state index is 13.3. The predicted molar refractivity (Wildman–Crippen MR) is 114 cm³/mol. The van der Waals surface area contributed by atoms with E-state index in [0.29, 0.717) is 39.3 Å². The second kappa shape index (κ2) is 8.77. The van der Waals surface area contributed by atoms with Gasteiger partial charge in [0.05, 0.1) is 52.0 Å². The fourth-order valence-electron chi connectivity index (χ4n) is 2.79. The van der Waals surface area contributed by atoms with Crippen molar-refractivity contribution < 1.29 is 19.2 Å². The number of fused-ring (bicyclic) bond motifs is 1. The van der Waals surface area contributed by atoms with Crippen molar-refractivity contribution in [3.63, 3.8) is 0 Å². The number of quaternary nitrogens is 1. The molecule has 0 aliphatic carbocycles. The third-order valence-electron chi connectivity index (χ3n) is 4.31. The zero-order chi connectivity index (χ0) is 20.3. The van der Waals surface area contributed by atoms with E-state index in [2.05, 4.69) is 0 Å². The van der Waals surface area contributed by atoms with Gasteiger partial charge in [0.15, 0.2) is 5.13 Å². The summed E-state index contributed by atoms with van der Waals surface area (Å²) in [7, 11) is 7.30. The van der Waals surface area contributed by atoms with Crippen molar-refractivity contribution in [2.24, 2.45) is 0 Å². The quantitative estimate of drug-likeness (QED) is 0.638. The fraction of sp³-hybridized carbons (Fsp3) is 0.300. The lowest BCUT2D eigenvalue weighted by Crippen LogP contribution is -3.06. The highest BCUT2D eigenvalue weighted by molar-refractivity contribution is 7.22. The van der Waals surface area contributed by atoms with Gasteiger partial charge in [-0.1, -0.05) is 35.1 Å². The Morgan fingerprint density at radius 1 is 1.14 bits per heavy atom. The van der Waals surface area contributed by atoms with Gasteiger partial charge in [0, 0.05) is 0 Å². The number of carbonyl (C=O) groups is 1. The largest absolute Gasteiger partial charge is 0.495 e. The molecule has 1 N–H and O–H groups in total. The lowest BCUT2D eigenvalue weighted by molar-refractivity contribution is -0.856. The summed E-state index contributed by atoms with van der Waals surface area (Å²) >= 11 is 7.68. The molecule has 1 heterocycles. The van der Waals surface area contributed by atoms with Gasteiger partial charge in [0.1, 0.15) is 21.7 Å². The molecule has 2 aromatic carbocycles. The summed E-state index contributed by atoms with van der Waals surface area (Å²) in [6.45, 7) is 1.28. The van der Waals surface area contributed by atoms with Gasteiger partial charge in [0.2, 0.25) is 0 Å². The number of anilines is 1. The highest BCUT2D eigenvalue weighted by atomic mass is 35.5. The lowest BCUT2D eigenvalue weighted by Gasteiger charge is -2.21. The number of rotatable bonds is 7. The van der Waals surface area contributed by atoms with E-state index in [1.165, 1.54) is 16.2 Å². The van der Waals surface area contributed by atoms with Crippen molar-refractivity contribution in [3.05, 3.63) is 47.0 Å². The van der Waals surface area contributed by atoms with Gasteiger partial charge in [-0.3, -0.25) is 9.69 Å². The Bertz CT molecular complexity index is 949. The molecule has 0 unspecified atom stereocenters. The van der Waals surface area contributed by atoms with Crippen LogP contribution >= 0.6 is 22.9 Å². The molecule has 0 atom stereocenters. The molecule has 0 spiro atoms. The van der Waals surface area contributed by atoms with E-state index in [0.717, 1.165) is 11.2 Å². The second-order valence-electron chi connectivity index (χ2n) is 6.54. The standard InChI is InChI=1S/C20H22ClN3O3S/c1-23(2)11-12-24(19(25)13-7-5-6-8-14(13)21)20-22-17-15(26-3)9-10-16(27-4)18(17)28-20/h5-10H,11-12H2,1-4H3/p+1. The van der Waals surface area contributed by atoms with Gasteiger partial charge in [-0.15, -0.1) is 0 Å². The summed E-state index contributed by atoms with van der Waals surface area (Å²) in [5.74, 6) is 1.16. The molecule has 148 valence electrons. The molecule has 0 aliphatic heterocycles. The first-order chi connectivity index (χ1) is 13.5. The predicted octanol–water partition coefficient (Wildman–Crippen LogP) is 2.76. The van der Waals surface area contributed by atoms with Gasteiger partial charge >= 0.3 is 0 Å². The summed E-state index contributed by atoms with van der Waals surface area (Å²) in [5.41, 5.74) is 1.13. The fourth-order valence-corrected chi connectivity index (χ4v) is 4.10. The first-order valence-corrected chi connectivity index (χ1v) is 10.0. The number of nitrogens with zero attached hydrogens (tertiary/aromatic N) is 2. The van der Waals surface area contributed by atoms with E-state index < -0.39 is 0 Å². The molecule has 1 amide bonds. The highest BCUT2D eigenvalue weighted by Gasteiger charge is 2.25. The van der Waals surface area contributed by atoms with Crippen LogP contribution in [0.15, 0.2) is 36.4 Å². The number of thiazole rings is 1. The zero-order valence-electron chi connectivity index (χ0n) is 16.3. The Kier molecular flexibility index (Phi) is 6.39. The number of hydrogen-bond donors (Lipinski definition) is 1. The van der Waals surface area contributed by atoms with Crippen molar-refractivity contribution in [1.29, 1.82) is 0 Å². The summed E-state index contributed by atoms with van der Waals surface area (Å²) in [6.07, 6.45) is 0. The Morgan fingerprint density at radius 2 is 1.82 bits per heavy atom. The monoisotopic (exact) mass is 420 g/mol. The first kappa shape index (κ1) is 20.4. The molecule has 0 saturated heterocycles. The minimum Gasteiger partial charge on any atom is -0.495 e. The molecule has 0 aliphatic rings. The average molecular weight is 421 g/mol. The van der Waals surface area contributed by atoms with Gasteiger partial charge in [-0.25, -0.2) is 4.98 Å².